The van der Waals surface area contributed by atoms with Crippen molar-refractivity contribution in [2.45, 2.75) is 0 Å². The molecule has 0 aliphatic heterocycles. The highest BCUT2D eigenvalue weighted by Crippen LogP contribution is 2.23. The summed E-state index contributed by atoms with van der Waals surface area (Å²) >= 11 is 5.98. The molecule has 0 aliphatic rings. The molecule has 0 spiro atoms. The highest BCUT2D eigenvalue weighted by atomic mass is 35.5. The van der Waals surface area contributed by atoms with Gasteiger partial charge < -0.3 is 0 Å². The molecule has 2 heterocycles. The molecule has 0 saturated carbocycles. The van der Waals surface area contributed by atoms with Crippen LogP contribution in [0, 0.1) is 0 Å². The quantitative estimate of drug-likeness (QED) is 0.691. The van der Waals surface area contributed by atoms with Crippen LogP contribution < -0.4 is 0 Å². The van der Waals surface area contributed by atoms with E-state index in [0.29, 0.717) is 5.02 Å². The first-order valence-corrected chi connectivity index (χ1v) is 4.26. The van der Waals surface area contributed by atoms with Crippen LogP contribution >= 0.6 is 11.6 Å². The van der Waals surface area contributed by atoms with Crippen molar-refractivity contribution in [2.75, 3.05) is 0 Å². The maximum absolute atomic E-state index is 5.98. The number of pyridine rings is 2. The van der Waals surface area contributed by atoms with Gasteiger partial charge in [-0.2, -0.15) is 0 Å². The fraction of sp³-hybridized carbons (Fsp3) is 0. The normalized spacial score (nSPS) is 9.92. The molecule has 0 saturated heterocycles. The van der Waals surface area contributed by atoms with Crippen LogP contribution in [-0.2, 0) is 0 Å². The van der Waals surface area contributed by atoms with Crippen molar-refractivity contribution in [1.29, 1.82) is 0 Å². The third-order valence-electron chi connectivity index (χ3n) is 1.71. The second-order valence-electron chi connectivity index (χ2n) is 2.57. The summed E-state index contributed by atoms with van der Waals surface area (Å²) in [6.07, 6.45) is 5.17. The van der Waals surface area contributed by atoms with Crippen LogP contribution in [0.15, 0.2) is 42.9 Å². The van der Waals surface area contributed by atoms with E-state index >= 15 is 0 Å². The molecule has 2 aromatic heterocycles. The Hall–Kier alpha value is -1.41. The highest BCUT2D eigenvalue weighted by Gasteiger charge is 2.01. The van der Waals surface area contributed by atoms with Gasteiger partial charge >= 0.3 is 0 Å². The number of halogens is 1. The number of nitrogens with zero attached hydrogens (tertiary/aromatic N) is 2. The molecular weight excluding hydrogens is 184 g/mol. The van der Waals surface area contributed by atoms with E-state index in [1.54, 1.807) is 18.6 Å². The van der Waals surface area contributed by atoms with Gasteiger partial charge in [-0.1, -0.05) is 11.6 Å². The van der Waals surface area contributed by atoms with Gasteiger partial charge in [-0.05, 0) is 24.3 Å². The fourth-order valence-corrected chi connectivity index (χ4v) is 1.34. The van der Waals surface area contributed by atoms with Gasteiger partial charge in [-0.3, -0.25) is 9.97 Å². The zero-order valence-corrected chi connectivity index (χ0v) is 7.57. The Morgan fingerprint density at radius 1 is 1.00 bits per heavy atom. The minimum Gasteiger partial charge on any atom is -0.265 e. The van der Waals surface area contributed by atoms with Crippen LogP contribution in [0.5, 0.6) is 0 Å². The van der Waals surface area contributed by atoms with E-state index in [1.165, 1.54) is 0 Å². The average Bonchev–Trinajstić information content (AvgIpc) is 2.20. The van der Waals surface area contributed by atoms with E-state index in [0.717, 1.165) is 11.3 Å². The second kappa shape index (κ2) is 3.54. The molecule has 0 aromatic carbocycles. The van der Waals surface area contributed by atoms with Crippen molar-refractivity contribution in [1.82, 2.24) is 9.97 Å². The summed E-state index contributed by atoms with van der Waals surface area (Å²) in [5.74, 6) is 0. The first-order chi connectivity index (χ1) is 6.38. The topological polar surface area (TPSA) is 25.8 Å². The minimum atomic E-state index is 0.661. The lowest BCUT2D eigenvalue weighted by molar-refractivity contribution is 1.29. The van der Waals surface area contributed by atoms with Crippen molar-refractivity contribution < 1.29 is 0 Å². The molecule has 0 bridgehead atoms. The highest BCUT2D eigenvalue weighted by molar-refractivity contribution is 6.32. The van der Waals surface area contributed by atoms with Crippen molar-refractivity contribution >= 4 is 11.6 Å². The molecular formula is C10H7ClN2. The second-order valence-corrected chi connectivity index (χ2v) is 2.98. The number of hydrogen-bond acceptors (Lipinski definition) is 2. The average molecular weight is 191 g/mol. The largest absolute Gasteiger partial charge is 0.265 e. The third kappa shape index (κ3) is 1.68. The number of hydrogen-bond donors (Lipinski definition) is 0. The molecule has 0 unspecified atom stereocenters. The lowest BCUT2D eigenvalue weighted by Crippen LogP contribution is -1.83. The molecule has 2 aromatic rings. The first kappa shape index (κ1) is 8.20. The van der Waals surface area contributed by atoms with Gasteiger partial charge in [0.2, 0.25) is 0 Å². The van der Waals surface area contributed by atoms with Gasteiger partial charge in [0, 0.05) is 24.2 Å². The maximum Gasteiger partial charge on any atom is 0.0889 e. The van der Waals surface area contributed by atoms with Crippen LogP contribution in [-0.4, -0.2) is 9.97 Å². The van der Waals surface area contributed by atoms with E-state index < -0.39 is 0 Å². The molecule has 0 fully saturated rings. The van der Waals surface area contributed by atoms with Gasteiger partial charge in [-0.15, -0.1) is 0 Å². The summed E-state index contributed by atoms with van der Waals surface area (Å²) in [7, 11) is 0. The van der Waals surface area contributed by atoms with Crippen LogP contribution in [0.25, 0.3) is 11.3 Å². The molecule has 0 aliphatic carbocycles. The Kier molecular flexibility index (Phi) is 2.23. The van der Waals surface area contributed by atoms with E-state index in [4.69, 9.17) is 11.6 Å². The van der Waals surface area contributed by atoms with E-state index in [2.05, 4.69) is 9.97 Å². The standard InChI is InChI=1S/C10H7ClN2/c11-9-2-1-5-13-10(9)8-3-6-12-7-4-8/h1-7H. The van der Waals surface area contributed by atoms with E-state index in [-0.39, 0.29) is 0 Å². The minimum absolute atomic E-state index is 0.661. The summed E-state index contributed by atoms with van der Waals surface area (Å²) < 4.78 is 0. The van der Waals surface area contributed by atoms with Crippen molar-refractivity contribution in [3.63, 3.8) is 0 Å². The zero-order chi connectivity index (χ0) is 9.10. The van der Waals surface area contributed by atoms with Gasteiger partial charge in [0.05, 0.1) is 10.7 Å². The predicted octanol–water partition coefficient (Wildman–Crippen LogP) is 2.80. The van der Waals surface area contributed by atoms with Gasteiger partial charge in [0.25, 0.3) is 0 Å². The molecule has 2 rings (SSSR count). The van der Waals surface area contributed by atoms with Gasteiger partial charge in [-0.25, -0.2) is 0 Å². The molecule has 0 atom stereocenters. The molecule has 3 heteroatoms. The molecule has 0 N–H and O–H groups in total. The molecule has 0 radical (unpaired) electrons. The Balaban J connectivity index is 2.54. The SMILES string of the molecule is Clc1cccnc1-c1ccncc1. The Labute approximate surface area is 81.2 Å². The van der Waals surface area contributed by atoms with Gasteiger partial charge in [0.15, 0.2) is 0 Å². The van der Waals surface area contributed by atoms with Gasteiger partial charge in [0.1, 0.15) is 0 Å². The summed E-state index contributed by atoms with van der Waals surface area (Å²) in [4.78, 5) is 8.12. The van der Waals surface area contributed by atoms with E-state index in [9.17, 15) is 0 Å². The summed E-state index contributed by atoms with van der Waals surface area (Å²) in [6, 6.07) is 7.40. The molecule has 64 valence electrons. The first-order valence-electron chi connectivity index (χ1n) is 3.89. The monoisotopic (exact) mass is 190 g/mol. The summed E-state index contributed by atoms with van der Waals surface area (Å²) in [5.41, 5.74) is 1.78. The number of aromatic nitrogens is 2. The summed E-state index contributed by atoms with van der Waals surface area (Å²) in [6.45, 7) is 0. The van der Waals surface area contributed by atoms with Crippen LogP contribution in [0.1, 0.15) is 0 Å². The molecule has 0 amide bonds. The lowest BCUT2D eigenvalue weighted by Gasteiger charge is -2.00. The predicted molar refractivity (Wildman–Crippen MR) is 52.5 cm³/mol. The van der Waals surface area contributed by atoms with Crippen molar-refractivity contribution in [3.8, 4) is 11.3 Å². The van der Waals surface area contributed by atoms with Crippen molar-refractivity contribution in [2.24, 2.45) is 0 Å². The molecule has 2 nitrogen and oxygen atoms in total. The smallest absolute Gasteiger partial charge is 0.0889 e. The Morgan fingerprint density at radius 2 is 1.77 bits per heavy atom. The van der Waals surface area contributed by atoms with Crippen LogP contribution in [0.3, 0.4) is 0 Å². The lowest BCUT2D eigenvalue weighted by atomic mass is 10.2. The Bertz CT molecular complexity index is 401. The number of rotatable bonds is 1. The fourth-order valence-electron chi connectivity index (χ4n) is 1.11. The maximum atomic E-state index is 5.98. The summed E-state index contributed by atoms with van der Waals surface area (Å²) in [5, 5.41) is 0.661. The third-order valence-corrected chi connectivity index (χ3v) is 2.02. The Morgan fingerprint density at radius 3 is 2.46 bits per heavy atom. The van der Waals surface area contributed by atoms with Crippen LogP contribution in [0.4, 0.5) is 0 Å². The molecule has 13 heavy (non-hydrogen) atoms. The van der Waals surface area contributed by atoms with Crippen LogP contribution in [0.2, 0.25) is 5.02 Å². The van der Waals surface area contributed by atoms with E-state index in [1.807, 2.05) is 24.3 Å². The zero-order valence-electron chi connectivity index (χ0n) is 6.81. The van der Waals surface area contributed by atoms with Crippen molar-refractivity contribution in [3.05, 3.63) is 47.9 Å².